The van der Waals surface area contributed by atoms with Crippen molar-refractivity contribution >= 4 is 21.9 Å². The van der Waals surface area contributed by atoms with Crippen molar-refractivity contribution in [1.29, 1.82) is 0 Å². The number of fused-ring (bicyclic) bond motifs is 3. The van der Waals surface area contributed by atoms with Gasteiger partial charge in [0.15, 0.2) is 0 Å². The third kappa shape index (κ3) is 2.01. The van der Waals surface area contributed by atoms with Gasteiger partial charge in [0.2, 0.25) is 0 Å². The second kappa shape index (κ2) is 4.73. The van der Waals surface area contributed by atoms with Gasteiger partial charge in [0.1, 0.15) is 11.8 Å². The molecule has 0 fully saturated rings. The van der Waals surface area contributed by atoms with Gasteiger partial charge in [-0.2, -0.15) is 0 Å². The first kappa shape index (κ1) is 11.6. The number of aromatic nitrogens is 4. The van der Waals surface area contributed by atoms with Crippen molar-refractivity contribution in [2.45, 2.75) is 0 Å². The number of pyridine rings is 2. The summed E-state index contributed by atoms with van der Waals surface area (Å²) in [6, 6.07) is 14.9. The van der Waals surface area contributed by atoms with E-state index in [1.807, 2.05) is 41.0 Å². The average molecular weight is 270 g/mol. The molecule has 0 saturated carbocycles. The lowest BCUT2D eigenvalue weighted by molar-refractivity contribution is 1.15. The number of nitrogens with zero attached hydrogens (tertiary/aromatic N) is 4. The zero-order chi connectivity index (χ0) is 14.1. The molecule has 1 aromatic carbocycles. The predicted molar refractivity (Wildman–Crippen MR) is 81.5 cm³/mol. The largest absolute Gasteiger partial charge is 0.263 e. The number of benzene rings is 1. The first-order valence-electron chi connectivity index (χ1n) is 6.55. The highest BCUT2D eigenvalue weighted by Gasteiger charge is 2.06. The summed E-state index contributed by atoms with van der Waals surface area (Å²) >= 11 is 0. The molecule has 0 aliphatic heterocycles. The molecule has 0 amide bonds. The molecule has 0 radical (unpaired) electrons. The molecule has 3 heterocycles. The summed E-state index contributed by atoms with van der Waals surface area (Å²) in [6.45, 7) is 0. The lowest BCUT2D eigenvalue weighted by atomic mass is 10.2. The van der Waals surface area contributed by atoms with E-state index in [0.29, 0.717) is 0 Å². The van der Waals surface area contributed by atoms with E-state index in [0.717, 1.165) is 27.5 Å². The molecule has 4 rings (SSSR count). The van der Waals surface area contributed by atoms with Crippen LogP contribution in [0.2, 0.25) is 0 Å². The van der Waals surface area contributed by atoms with Gasteiger partial charge in [-0.1, -0.05) is 18.2 Å². The Bertz CT molecular complexity index is 991. The molecule has 21 heavy (non-hydrogen) atoms. The van der Waals surface area contributed by atoms with E-state index in [1.54, 1.807) is 24.9 Å². The summed E-state index contributed by atoms with van der Waals surface area (Å²) in [6.07, 6.45) is 6.98. The van der Waals surface area contributed by atoms with E-state index in [9.17, 15) is 0 Å². The molecule has 98 valence electrons. The van der Waals surface area contributed by atoms with Gasteiger partial charge in [0, 0.05) is 29.4 Å². The molecule has 0 saturated heterocycles. The summed E-state index contributed by atoms with van der Waals surface area (Å²) in [5.41, 5.74) is 3.64. The van der Waals surface area contributed by atoms with Crippen molar-refractivity contribution in [3.05, 3.63) is 66.9 Å². The monoisotopic (exact) mass is 270 g/mol. The van der Waals surface area contributed by atoms with Gasteiger partial charge in [-0.05, 0) is 24.1 Å². The number of para-hydroxylation sites is 1. The molecule has 0 N–H and O–H groups in total. The number of rotatable bonds is 0. The molecule has 4 heteroatoms. The lowest BCUT2D eigenvalue weighted by Crippen LogP contribution is -1.89. The van der Waals surface area contributed by atoms with E-state index in [2.05, 4.69) is 26.9 Å². The molecule has 3 aromatic heterocycles. The first-order valence-corrected chi connectivity index (χ1v) is 6.55. The van der Waals surface area contributed by atoms with Crippen molar-refractivity contribution in [3.8, 4) is 12.0 Å². The van der Waals surface area contributed by atoms with Gasteiger partial charge in [-0.3, -0.25) is 14.5 Å². The van der Waals surface area contributed by atoms with Crippen molar-refractivity contribution < 1.29 is 0 Å². The molecule has 0 unspecified atom stereocenters. The Hall–Kier alpha value is -3.19. The van der Waals surface area contributed by atoms with Gasteiger partial charge >= 0.3 is 0 Å². The smallest absolute Gasteiger partial charge is 0.108 e. The Balaban J connectivity index is 1.94. The van der Waals surface area contributed by atoms with Gasteiger partial charge in [-0.25, -0.2) is 4.98 Å². The predicted octanol–water partition coefficient (Wildman–Crippen LogP) is 2.84. The van der Waals surface area contributed by atoms with E-state index >= 15 is 0 Å². The molecule has 0 aliphatic carbocycles. The van der Waals surface area contributed by atoms with Gasteiger partial charge < -0.3 is 0 Å². The topological polar surface area (TPSA) is 43.6 Å². The van der Waals surface area contributed by atoms with E-state index < -0.39 is 0 Å². The Kier molecular flexibility index (Phi) is 2.62. The summed E-state index contributed by atoms with van der Waals surface area (Å²) in [5.74, 6) is 3.09. The molecular weight excluding hydrogens is 260 g/mol. The van der Waals surface area contributed by atoms with Crippen molar-refractivity contribution in [2.24, 2.45) is 0 Å². The first-order chi connectivity index (χ1) is 10.4. The van der Waals surface area contributed by atoms with Crippen LogP contribution in [0.3, 0.4) is 0 Å². The molecule has 0 atom stereocenters. The van der Waals surface area contributed by atoms with Crippen LogP contribution < -0.4 is 0 Å². The second-order valence-corrected chi connectivity index (χ2v) is 4.60. The summed E-state index contributed by atoms with van der Waals surface area (Å²) in [7, 11) is 0. The minimum Gasteiger partial charge on any atom is -0.263 e. The van der Waals surface area contributed by atoms with Crippen LogP contribution in [0.4, 0.5) is 0 Å². The van der Waals surface area contributed by atoms with Crippen LogP contribution >= 0.6 is 0 Å². The highest BCUT2D eigenvalue weighted by molar-refractivity contribution is 6.02. The minimum atomic E-state index is 0.842. The van der Waals surface area contributed by atoms with E-state index in [4.69, 9.17) is 0 Å². The van der Waals surface area contributed by atoms with Crippen LogP contribution in [0.15, 0.2) is 61.3 Å². The van der Waals surface area contributed by atoms with Crippen molar-refractivity contribution in [1.82, 2.24) is 19.5 Å². The fourth-order valence-electron chi connectivity index (χ4n) is 2.29. The van der Waals surface area contributed by atoms with Crippen LogP contribution in [-0.4, -0.2) is 19.5 Å². The maximum atomic E-state index is 4.41. The Morgan fingerprint density at radius 2 is 1.86 bits per heavy atom. The fourth-order valence-corrected chi connectivity index (χ4v) is 2.29. The maximum absolute atomic E-state index is 4.41. The zero-order valence-electron chi connectivity index (χ0n) is 11.1. The van der Waals surface area contributed by atoms with Crippen molar-refractivity contribution in [3.63, 3.8) is 0 Å². The maximum Gasteiger partial charge on any atom is 0.108 e. The zero-order valence-corrected chi connectivity index (χ0v) is 11.1. The average Bonchev–Trinajstić information content (AvgIpc) is 2.97. The highest BCUT2D eigenvalue weighted by Crippen LogP contribution is 2.21. The molecule has 0 bridgehead atoms. The normalized spacial score (nSPS) is 10.5. The minimum absolute atomic E-state index is 0.842. The second-order valence-electron chi connectivity index (χ2n) is 4.60. The Labute approximate surface area is 121 Å². The Morgan fingerprint density at radius 3 is 2.76 bits per heavy atom. The molecule has 0 spiro atoms. The highest BCUT2D eigenvalue weighted by atomic mass is 15.0. The van der Waals surface area contributed by atoms with Gasteiger partial charge in [-0.15, -0.1) is 0 Å². The third-order valence-corrected chi connectivity index (χ3v) is 3.26. The van der Waals surface area contributed by atoms with E-state index in [-0.39, 0.29) is 0 Å². The third-order valence-electron chi connectivity index (χ3n) is 3.26. The molecular formula is C17H10N4. The summed E-state index contributed by atoms with van der Waals surface area (Å²) < 4.78 is 1.84. The number of hydrogen-bond acceptors (Lipinski definition) is 3. The van der Waals surface area contributed by atoms with E-state index in [1.165, 1.54) is 0 Å². The van der Waals surface area contributed by atoms with Crippen LogP contribution in [0, 0.1) is 12.0 Å². The molecule has 0 aliphatic rings. The fraction of sp³-hybridized carbons (Fsp3) is 0. The van der Waals surface area contributed by atoms with Crippen LogP contribution in [-0.2, 0) is 0 Å². The SMILES string of the molecule is C(#Cn1cnc2cnc3ccccc3c21)c1cccnc1. The summed E-state index contributed by atoms with van der Waals surface area (Å²) in [5, 5.41) is 1.05. The van der Waals surface area contributed by atoms with Crippen LogP contribution in [0.5, 0.6) is 0 Å². The van der Waals surface area contributed by atoms with Crippen LogP contribution in [0.25, 0.3) is 21.9 Å². The summed E-state index contributed by atoms with van der Waals surface area (Å²) in [4.78, 5) is 12.8. The van der Waals surface area contributed by atoms with Gasteiger partial charge in [0.25, 0.3) is 0 Å². The quantitative estimate of drug-likeness (QED) is 0.461. The van der Waals surface area contributed by atoms with Crippen molar-refractivity contribution in [2.75, 3.05) is 0 Å². The number of imidazole rings is 1. The molecule has 4 nitrogen and oxygen atoms in total. The molecule has 4 aromatic rings. The Morgan fingerprint density at radius 1 is 0.905 bits per heavy atom. The lowest BCUT2D eigenvalue weighted by Gasteiger charge is -1.99. The number of hydrogen-bond donors (Lipinski definition) is 0. The van der Waals surface area contributed by atoms with Gasteiger partial charge in [0.05, 0.1) is 17.2 Å². The van der Waals surface area contributed by atoms with Crippen LogP contribution in [0.1, 0.15) is 5.56 Å². The standard InChI is InChI=1S/C17H10N4/c1-2-6-15-14(5-1)17-16(11-19-15)20-12-21(17)9-7-13-4-3-8-18-10-13/h1-6,8,10-12H.